The fourth-order valence-corrected chi connectivity index (χ4v) is 16.0. The quantitative estimate of drug-likeness (QED) is 0.0301. The van der Waals surface area contributed by atoms with Crippen LogP contribution in [-0.2, 0) is 0 Å². The monoisotopic (exact) mass is 1640 g/mol. The Morgan fingerprint density at radius 2 is 0.383 bits per heavy atom. The molecule has 0 bridgehead atoms. The summed E-state index contributed by atoms with van der Waals surface area (Å²) in [7, 11) is 0. The average molecular weight is 1640 g/mol. The van der Waals surface area contributed by atoms with Crippen molar-refractivity contribution in [3.05, 3.63) is 0 Å². The second kappa shape index (κ2) is 112. The lowest BCUT2D eigenvalue weighted by atomic mass is 9.88. The molecule has 0 aliphatic carbocycles. The van der Waals surface area contributed by atoms with E-state index >= 15 is 0 Å². The van der Waals surface area contributed by atoms with Gasteiger partial charge in [-0.15, -0.1) is 0 Å². The van der Waals surface area contributed by atoms with Crippen LogP contribution in [-0.4, -0.2) is 78.5 Å². The van der Waals surface area contributed by atoms with Crippen molar-refractivity contribution >= 4 is 0 Å². The molecule has 0 saturated heterocycles. The third-order valence-corrected chi connectivity index (χ3v) is 24.5. The van der Waals surface area contributed by atoms with Crippen LogP contribution in [0.1, 0.15) is 638 Å². The Bertz CT molecular complexity index is 1570. The van der Waals surface area contributed by atoms with Crippen LogP contribution in [0.5, 0.6) is 0 Å². The van der Waals surface area contributed by atoms with Crippen LogP contribution in [0, 0.1) is 17.8 Å². The molecule has 0 saturated carbocycles. The molecule has 704 valence electrons. The van der Waals surface area contributed by atoms with Gasteiger partial charge in [0.25, 0.3) is 0 Å². The fourth-order valence-electron chi connectivity index (χ4n) is 16.0. The van der Waals surface area contributed by atoms with Gasteiger partial charge >= 0.3 is 0 Å². The van der Waals surface area contributed by atoms with E-state index in [1.807, 2.05) is 27.7 Å². The molecule has 0 amide bonds. The van der Waals surface area contributed by atoms with E-state index in [4.69, 9.17) is 10.2 Å². The lowest BCUT2D eigenvalue weighted by molar-refractivity contribution is 0.0385. The minimum absolute atomic E-state index is 0.0434. The van der Waals surface area contributed by atoms with Crippen molar-refractivity contribution in [3.63, 3.8) is 0 Å². The summed E-state index contributed by atoms with van der Waals surface area (Å²) in [6, 6.07) is 0. The zero-order valence-electron chi connectivity index (χ0n) is 83.3. The van der Waals surface area contributed by atoms with Crippen LogP contribution < -0.4 is 0 Å². The van der Waals surface area contributed by atoms with Crippen LogP contribution in [0.15, 0.2) is 0 Å². The SMILES string of the molecule is CCCCCCCC(C)(O)CCC.CCCCCCCCC(C)(O)CC.CCCCCCCCC(CCCCCC)CC(O)CCCCCC.CCCCCCCCCC(C)(C)O.CCCCCCCCCCC(CCO)CCCCCC.CCCCCCCCCCC(CCO)CCCCCCCC.CCCCCCCCCO. The minimum Gasteiger partial charge on any atom is -0.396 e. The van der Waals surface area contributed by atoms with Crippen molar-refractivity contribution < 1.29 is 35.7 Å². The summed E-state index contributed by atoms with van der Waals surface area (Å²) in [6.07, 6.45) is 106. The third kappa shape index (κ3) is 129. The number of aliphatic hydroxyl groups excluding tert-OH is 4. The average Bonchev–Trinajstić information content (AvgIpc) is 0.964. The first-order chi connectivity index (χ1) is 55.6. The molecule has 0 heterocycles. The van der Waals surface area contributed by atoms with Crippen molar-refractivity contribution in [2.75, 3.05) is 19.8 Å². The molecule has 6 unspecified atom stereocenters. The number of hydrogen-bond acceptors (Lipinski definition) is 7. The lowest BCUT2D eigenvalue weighted by Gasteiger charge is -2.22. The van der Waals surface area contributed by atoms with E-state index in [2.05, 4.69) is 90.0 Å². The van der Waals surface area contributed by atoms with Crippen LogP contribution in [0.25, 0.3) is 0 Å². The Hall–Kier alpha value is -0.280. The van der Waals surface area contributed by atoms with Gasteiger partial charge in [0.05, 0.1) is 22.9 Å². The highest BCUT2D eigenvalue weighted by atomic mass is 16.3. The van der Waals surface area contributed by atoms with Gasteiger partial charge in [-0.2, -0.15) is 0 Å². The second-order valence-electron chi connectivity index (χ2n) is 38.0. The van der Waals surface area contributed by atoms with Crippen LogP contribution in [0.3, 0.4) is 0 Å². The Kier molecular flexibility index (Phi) is 124. The number of unbranched alkanes of at least 4 members (excludes halogenated alkanes) is 54. The zero-order valence-corrected chi connectivity index (χ0v) is 83.3. The molecular weight excluding hydrogens is 1410 g/mol. The molecule has 0 aliphatic rings. The Balaban J connectivity index is -0.000000241. The molecule has 6 atom stereocenters. The topological polar surface area (TPSA) is 142 Å². The normalized spacial score (nSPS) is 13.4. The highest BCUT2D eigenvalue weighted by Gasteiger charge is 2.19. The molecule has 7 heteroatoms. The lowest BCUT2D eigenvalue weighted by Crippen LogP contribution is -2.23. The van der Waals surface area contributed by atoms with Crippen LogP contribution >= 0.6 is 0 Å². The Morgan fingerprint density at radius 1 is 0.183 bits per heavy atom. The predicted octanol–water partition coefficient (Wildman–Crippen LogP) is 36.2. The van der Waals surface area contributed by atoms with E-state index in [1.54, 1.807) is 0 Å². The predicted molar refractivity (Wildman–Crippen MR) is 523 cm³/mol. The Morgan fingerprint density at radius 3 is 0.609 bits per heavy atom. The fraction of sp³-hybridized carbons (Fsp3) is 1.00. The second-order valence-corrected chi connectivity index (χ2v) is 38.0. The summed E-state index contributed by atoms with van der Waals surface area (Å²) in [5, 5.41) is 66.3. The standard InChI is InChI=1S/C23H48O.C21H44O.C19H40O.3C12H26O.C9H20O/c1-4-7-10-13-14-16-19-22(18-15-11-8-5-2)21-23(24)20-17-12-9-6-3;1-3-5-7-9-11-12-14-16-18-21(19-20-22)17-15-13-10-8-6-4-2;1-3-5-7-9-10-11-12-14-16-19(17-18-20)15-13-8-6-4-2;1-4-5-6-7-8-9-10-11-12(2,3)13;1-4-6-7-8-9-10-11-12(3,13)5-2;1-4-6-7-8-9-11-12(3,13)10-5-2;1-2-3-4-5-6-7-8-9-10/h22-24H,4-21H2,1-3H3;21-22H,3-20H2,1-2H3;19-20H,3-18H2,1-2H3;3*13H,4-11H2,1-3H3;10H,2-9H2,1H3. The molecule has 0 aromatic rings. The molecule has 7 N–H and O–H groups in total. The summed E-state index contributed by atoms with van der Waals surface area (Å²) < 4.78 is 0. The summed E-state index contributed by atoms with van der Waals surface area (Å²) in [6.45, 7) is 37.9. The van der Waals surface area contributed by atoms with E-state index in [0.717, 1.165) is 88.4 Å². The molecule has 0 fully saturated rings. The van der Waals surface area contributed by atoms with Gasteiger partial charge in [-0.05, 0) is 110 Å². The summed E-state index contributed by atoms with van der Waals surface area (Å²) in [5.74, 6) is 2.35. The first-order valence-electron chi connectivity index (χ1n) is 53.3. The Labute approximate surface area is 729 Å². The van der Waals surface area contributed by atoms with Gasteiger partial charge in [0.15, 0.2) is 0 Å². The van der Waals surface area contributed by atoms with Gasteiger partial charge in [-0.3, -0.25) is 0 Å². The number of hydrogen-bond donors (Lipinski definition) is 7. The third-order valence-electron chi connectivity index (χ3n) is 24.5. The molecule has 0 aromatic heterocycles. The van der Waals surface area contributed by atoms with Gasteiger partial charge in [0.2, 0.25) is 0 Å². The summed E-state index contributed by atoms with van der Waals surface area (Å²) in [5.41, 5.74) is -1.27. The molecule has 115 heavy (non-hydrogen) atoms. The van der Waals surface area contributed by atoms with Crippen molar-refractivity contribution in [1.82, 2.24) is 0 Å². The molecular formula is C108H230O7. The summed E-state index contributed by atoms with van der Waals surface area (Å²) >= 11 is 0. The molecule has 0 rings (SSSR count). The maximum absolute atomic E-state index is 10.4. The highest BCUT2D eigenvalue weighted by molar-refractivity contribution is 4.73. The van der Waals surface area contributed by atoms with E-state index in [9.17, 15) is 25.5 Å². The van der Waals surface area contributed by atoms with E-state index in [1.165, 1.54) is 449 Å². The van der Waals surface area contributed by atoms with Crippen molar-refractivity contribution in [2.45, 2.75) is 661 Å². The number of rotatable bonds is 84. The van der Waals surface area contributed by atoms with Gasteiger partial charge in [-0.25, -0.2) is 0 Å². The smallest absolute Gasteiger partial charge is 0.0619 e. The molecule has 7 nitrogen and oxygen atoms in total. The van der Waals surface area contributed by atoms with Gasteiger partial charge < -0.3 is 35.7 Å². The van der Waals surface area contributed by atoms with Gasteiger partial charge in [0, 0.05) is 19.8 Å². The van der Waals surface area contributed by atoms with Crippen LogP contribution in [0.4, 0.5) is 0 Å². The maximum Gasteiger partial charge on any atom is 0.0619 e. The molecule has 0 spiro atoms. The van der Waals surface area contributed by atoms with Gasteiger partial charge in [0.1, 0.15) is 0 Å². The van der Waals surface area contributed by atoms with Crippen molar-refractivity contribution in [3.8, 4) is 0 Å². The molecule has 0 aliphatic heterocycles. The van der Waals surface area contributed by atoms with Crippen molar-refractivity contribution in [2.24, 2.45) is 17.8 Å². The minimum atomic E-state index is -0.455. The maximum atomic E-state index is 10.4. The molecule has 0 aromatic carbocycles. The summed E-state index contributed by atoms with van der Waals surface area (Å²) in [4.78, 5) is 0. The van der Waals surface area contributed by atoms with E-state index in [0.29, 0.717) is 19.8 Å². The van der Waals surface area contributed by atoms with Crippen LogP contribution in [0.2, 0.25) is 0 Å². The van der Waals surface area contributed by atoms with E-state index < -0.39 is 16.8 Å². The molecule has 0 radical (unpaired) electrons. The van der Waals surface area contributed by atoms with E-state index in [-0.39, 0.29) is 6.10 Å². The van der Waals surface area contributed by atoms with Gasteiger partial charge in [-0.1, -0.05) is 546 Å². The van der Waals surface area contributed by atoms with Crippen molar-refractivity contribution in [1.29, 1.82) is 0 Å². The zero-order chi connectivity index (χ0) is 87.2. The first-order valence-corrected chi connectivity index (χ1v) is 53.3. The number of aliphatic hydroxyl groups is 7. The largest absolute Gasteiger partial charge is 0.396 e. The highest BCUT2D eigenvalue weighted by Crippen LogP contribution is 2.28. The first kappa shape index (κ1) is 128.